The van der Waals surface area contributed by atoms with Gasteiger partial charge >= 0.3 is 0 Å². The van der Waals surface area contributed by atoms with E-state index in [4.69, 9.17) is 0 Å². The van der Waals surface area contributed by atoms with Crippen molar-refractivity contribution < 1.29 is 4.79 Å². The molecule has 0 radical (unpaired) electrons. The third-order valence-electron chi connectivity index (χ3n) is 4.73. The summed E-state index contributed by atoms with van der Waals surface area (Å²) >= 11 is 0. The van der Waals surface area contributed by atoms with Crippen LogP contribution < -0.4 is 0 Å². The molecule has 4 aliphatic rings. The highest BCUT2D eigenvalue weighted by atomic mass is 16.1. The molecule has 2 nitrogen and oxygen atoms in total. The lowest BCUT2D eigenvalue weighted by molar-refractivity contribution is -0.122. The molecule has 5 atom stereocenters. The molecule has 0 amide bonds. The second-order valence-electron chi connectivity index (χ2n) is 5.53. The van der Waals surface area contributed by atoms with Gasteiger partial charge in [0.2, 0.25) is 0 Å². The van der Waals surface area contributed by atoms with Gasteiger partial charge in [0.25, 0.3) is 0 Å². The van der Waals surface area contributed by atoms with E-state index >= 15 is 0 Å². The van der Waals surface area contributed by atoms with E-state index < -0.39 is 0 Å². The van der Waals surface area contributed by atoms with E-state index in [1.165, 1.54) is 12.8 Å². The summed E-state index contributed by atoms with van der Waals surface area (Å²) in [4.78, 5) is 14.0. The number of likely N-dealkylation sites (tertiary alicyclic amines) is 1. The Kier molecular flexibility index (Phi) is 2.03. The summed E-state index contributed by atoms with van der Waals surface area (Å²) in [5.41, 5.74) is 0. The second kappa shape index (κ2) is 3.18. The standard InChI is InChI=1S/C13H19NO/c1-8(15)13-12-10-5-3-9(4-6-10)11(12)7-14(13)2/h3,5,9-13H,4,6-7H2,1-2H3/t9-,10+,11-,12+,13-/m1/s1. The number of carbonyl (C=O) groups excluding carboxylic acids is 1. The predicted octanol–water partition coefficient (Wildman–Crippen LogP) is 1.72. The molecule has 0 N–H and O–H groups in total. The number of nitrogens with zero attached hydrogens (tertiary/aromatic N) is 1. The maximum atomic E-state index is 11.7. The van der Waals surface area contributed by atoms with Crippen molar-refractivity contribution in [2.24, 2.45) is 23.7 Å². The van der Waals surface area contributed by atoms with Gasteiger partial charge in [0.15, 0.2) is 0 Å². The van der Waals surface area contributed by atoms with E-state index in [9.17, 15) is 4.79 Å². The minimum atomic E-state index is 0.202. The Morgan fingerprint density at radius 2 is 1.93 bits per heavy atom. The van der Waals surface area contributed by atoms with Crippen LogP contribution in [-0.2, 0) is 4.79 Å². The highest BCUT2D eigenvalue weighted by Crippen LogP contribution is 2.50. The molecule has 2 heteroatoms. The van der Waals surface area contributed by atoms with Crippen LogP contribution in [0.2, 0.25) is 0 Å². The van der Waals surface area contributed by atoms with Gasteiger partial charge in [-0.1, -0.05) is 12.2 Å². The molecule has 1 heterocycles. The van der Waals surface area contributed by atoms with Crippen molar-refractivity contribution in [3.63, 3.8) is 0 Å². The Morgan fingerprint density at radius 1 is 1.27 bits per heavy atom. The van der Waals surface area contributed by atoms with Crippen LogP contribution in [0.3, 0.4) is 0 Å². The quantitative estimate of drug-likeness (QED) is 0.607. The fourth-order valence-corrected chi connectivity index (χ4v) is 4.19. The number of hydrogen-bond donors (Lipinski definition) is 0. The molecule has 3 aliphatic carbocycles. The smallest absolute Gasteiger partial charge is 0.147 e. The Labute approximate surface area is 91.3 Å². The zero-order valence-electron chi connectivity index (χ0n) is 9.52. The first kappa shape index (κ1) is 9.59. The topological polar surface area (TPSA) is 20.3 Å². The van der Waals surface area contributed by atoms with Crippen LogP contribution in [0, 0.1) is 23.7 Å². The summed E-state index contributed by atoms with van der Waals surface area (Å²) in [6, 6.07) is 0.202. The third kappa shape index (κ3) is 1.24. The molecular formula is C13H19NO. The molecule has 1 saturated heterocycles. The van der Waals surface area contributed by atoms with Gasteiger partial charge in [-0.3, -0.25) is 9.69 Å². The molecule has 1 aliphatic heterocycles. The first-order chi connectivity index (χ1) is 7.18. The third-order valence-corrected chi connectivity index (χ3v) is 4.73. The maximum absolute atomic E-state index is 11.7. The Bertz CT molecular complexity index is 322. The number of allylic oxidation sites excluding steroid dienone is 2. The summed E-state index contributed by atoms with van der Waals surface area (Å²) in [6.07, 6.45) is 7.44. The van der Waals surface area contributed by atoms with Gasteiger partial charge in [0.05, 0.1) is 6.04 Å². The summed E-state index contributed by atoms with van der Waals surface area (Å²) < 4.78 is 0. The maximum Gasteiger partial charge on any atom is 0.147 e. The molecule has 0 aromatic carbocycles. The summed E-state index contributed by atoms with van der Waals surface area (Å²) in [7, 11) is 2.11. The molecule has 2 bridgehead atoms. The minimum Gasteiger partial charge on any atom is -0.298 e. The van der Waals surface area contributed by atoms with E-state index in [-0.39, 0.29) is 6.04 Å². The van der Waals surface area contributed by atoms with Crippen LogP contribution in [0.1, 0.15) is 19.8 Å². The fraction of sp³-hybridized carbons (Fsp3) is 0.769. The van der Waals surface area contributed by atoms with E-state index in [0.29, 0.717) is 17.6 Å². The Balaban J connectivity index is 1.95. The number of fused-ring (bicyclic) bond motifs is 1. The molecule has 0 aromatic rings. The highest BCUT2D eigenvalue weighted by molar-refractivity contribution is 5.82. The van der Waals surface area contributed by atoms with Crippen LogP contribution in [0.25, 0.3) is 0 Å². The Morgan fingerprint density at radius 3 is 2.53 bits per heavy atom. The zero-order valence-corrected chi connectivity index (χ0v) is 9.52. The van der Waals surface area contributed by atoms with Crippen LogP contribution in [0.15, 0.2) is 12.2 Å². The first-order valence-electron chi connectivity index (χ1n) is 6.07. The van der Waals surface area contributed by atoms with Crippen molar-refractivity contribution in [3.05, 3.63) is 12.2 Å². The molecular weight excluding hydrogens is 186 g/mol. The number of Topliss-reactive ketones (excluding diaryl/α,β-unsaturated/α-hetero) is 1. The second-order valence-corrected chi connectivity index (χ2v) is 5.53. The van der Waals surface area contributed by atoms with Crippen LogP contribution in [0.5, 0.6) is 0 Å². The molecule has 2 fully saturated rings. The lowest BCUT2D eigenvalue weighted by Gasteiger charge is -2.42. The summed E-state index contributed by atoms with van der Waals surface area (Å²) in [5.74, 6) is 3.18. The lowest BCUT2D eigenvalue weighted by Crippen LogP contribution is -2.42. The average Bonchev–Trinajstić information content (AvgIpc) is 2.58. The van der Waals surface area contributed by atoms with Gasteiger partial charge in [-0.25, -0.2) is 0 Å². The Hall–Kier alpha value is -0.630. The van der Waals surface area contributed by atoms with Gasteiger partial charge in [0.1, 0.15) is 5.78 Å². The van der Waals surface area contributed by atoms with Crippen molar-refractivity contribution in [1.82, 2.24) is 4.90 Å². The predicted molar refractivity (Wildman–Crippen MR) is 59.4 cm³/mol. The normalized spacial score (nSPS) is 48.3. The molecule has 0 unspecified atom stereocenters. The molecule has 4 rings (SSSR count). The number of hydrogen-bond acceptors (Lipinski definition) is 2. The largest absolute Gasteiger partial charge is 0.298 e. The van der Waals surface area contributed by atoms with Gasteiger partial charge in [-0.05, 0) is 50.5 Å². The van der Waals surface area contributed by atoms with Crippen LogP contribution >= 0.6 is 0 Å². The SMILES string of the molecule is CC(=O)[C@@H]1[C@@H]2[C@H](CN1C)[C@@H]1C=C[C@H]2CC1. The van der Waals surface area contributed by atoms with E-state index in [1.54, 1.807) is 6.92 Å². The lowest BCUT2D eigenvalue weighted by atomic mass is 9.61. The fourth-order valence-electron chi connectivity index (χ4n) is 4.19. The number of carbonyl (C=O) groups is 1. The molecule has 15 heavy (non-hydrogen) atoms. The van der Waals surface area contributed by atoms with Gasteiger partial charge < -0.3 is 0 Å². The number of likely N-dealkylation sites (N-methyl/N-ethyl adjacent to an activating group) is 1. The van der Waals surface area contributed by atoms with E-state index in [0.717, 1.165) is 18.4 Å². The first-order valence-corrected chi connectivity index (χ1v) is 6.07. The van der Waals surface area contributed by atoms with Gasteiger partial charge in [-0.15, -0.1) is 0 Å². The van der Waals surface area contributed by atoms with Crippen LogP contribution in [0.4, 0.5) is 0 Å². The molecule has 0 aromatic heterocycles. The monoisotopic (exact) mass is 205 g/mol. The van der Waals surface area contributed by atoms with Gasteiger partial charge in [0, 0.05) is 6.54 Å². The number of rotatable bonds is 1. The average molecular weight is 205 g/mol. The van der Waals surface area contributed by atoms with Crippen molar-refractivity contribution in [2.45, 2.75) is 25.8 Å². The van der Waals surface area contributed by atoms with Crippen LogP contribution in [-0.4, -0.2) is 30.3 Å². The van der Waals surface area contributed by atoms with Crippen molar-refractivity contribution >= 4 is 5.78 Å². The van der Waals surface area contributed by atoms with E-state index in [2.05, 4.69) is 24.1 Å². The molecule has 0 spiro atoms. The molecule has 1 saturated carbocycles. The number of ketones is 1. The van der Waals surface area contributed by atoms with Crippen molar-refractivity contribution in [1.29, 1.82) is 0 Å². The highest BCUT2D eigenvalue weighted by Gasteiger charge is 2.51. The van der Waals surface area contributed by atoms with E-state index in [1.807, 2.05) is 0 Å². The summed E-state index contributed by atoms with van der Waals surface area (Å²) in [6.45, 7) is 2.88. The minimum absolute atomic E-state index is 0.202. The van der Waals surface area contributed by atoms with Crippen molar-refractivity contribution in [3.8, 4) is 0 Å². The molecule has 82 valence electrons. The van der Waals surface area contributed by atoms with Crippen molar-refractivity contribution in [2.75, 3.05) is 13.6 Å². The zero-order chi connectivity index (χ0) is 10.6. The summed E-state index contributed by atoms with van der Waals surface area (Å²) in [5, 5.41) is 0. The van der Waals surface area contributed by atoms with Gasteiger partial charge in [-0.2, -0.15) is 0 Å².